The van der Waals surface area contributed by atoms with Crippen LogP contribution in [0.3, 0.4) is 0 Å². The van der Waals surface area contributed by atoms with Crippen molar-refractivity contribution in [2.24, 2.45) is 5.92 Å². The van der Waals surface area contributed by atoms with E-state index in [1.165, 1.54) is 12.1 Å². The van der Waals surface area contributed by atoms with Crippen molar-refractivity contribution in [3.63, 3.8) is 0 Å². The molecule has 0 aromatic heterocycles. The summed E-state index contributed by atoms with van der Waals surface area (Å²) < 4.78 is 27.9. The lowest BCUT2D eigenvalue weighted by Gasteiger charge is -2.32. The van der Waals surface area contributed by atoms with Crippen LogP contribution >= 0.6 is 28.3 Å². The molecular weight excluding hydrogens is 350 g/mol. The lowest BCUT2D eigenvalue weighted by Crippen LogP contribution is -2.36. The Bertz CT molecular complexity index is 437. The number of hydrogen-bond acceptors (Lipinski definition) is 2. The van der Waals surface area contributed by atoms with Crippen LogP contribution in [-0.4, -0.2) is 31.6 Å². The molecule has 1 heterocycles. The quantitative estimate of drug-likeness (QED) is 0.816. The van der Waals surface area contributed by atoms with E-state index in [-0.39, 0.29) is 18.0 Å². The minimum Gasteiger partial charge on any atom is -0.319 e. The molecule has 0 aliphatic carbocycles. The molecule has 1 N–H and O–H groups in total. The Labute approximate surface area is 133 Å². The van der Waals surface area contributed by atoms with Gasteiger partial charge in [0.1, 0.15) is 11.6 Å². The Morgan fingerprint density at radius 1 is 1.30 bits per heavy atom. The largest absolute Gasteiger partial charge is 0.319 e. The molecule has 0 unspecified atom stereocenters. The Kier molecular flexibility index (Phi) is 7.37. The van der Waals surface area contributed by atoms with Gasteiger partial charge in [0, 0.05) is 12.1 Å². The van der Waals surface area contributed by atoms with Gasteiger partial charge < -0.3 is 5.32 Å². The summed E-state index contributed by atoms with van der Waals surface area (Å²) in [4.78, 5) is 2.13. The highest BCUT2D eigenvalue weighted by molar-refractivity contribution is 9.10. The summed E-state index contributed by atoms with van der Waals surface area (Å²) in [6.07, 6.45) is 2.16. The maximum Gasteiger partial charge on any atom is 0.144 e. The molecule has 1 saturated heterocycles. The number of hydrogen-bond donors (Lipinski definition) is 1. The van der Waals surface area contributed by atoms with Crippen LogP contribution in [-0.2, 0) is 6.54 Å². The normalized spacial score (nSPS) is 17.0. The van der Waals surface area contributed by atoms with E-state index in [4.69, 9.17) is 0 Å². The standard InChI is InChI=1S/C14H19BrF2N2.ClH/c1-18-8-10-4-6-19(7-5-10)9-11-13(16)3-2-12(15)14(11)17;/h2-3,10,18H,4-9H2,1H3;1H. The fourth-order valence-electron chi connectivity index (χ4n) is 2.57. The highest BCUT2D eigenvalue weighted by atomic mass is 79.9. The third-order valence-electron chi connectivity index (χ3n) is 3.72. The predicted molar refractivity (Wildman–Crippen MR) is 83.2 cm³/mol. The second-order valence-corrected chi connectivity index (χ2v) is 5.95. The van der Waals surface area contributed by atoms with Crippen molar-refractivity contribution in [1.29, 1.82) is 0 Å². The van der Waals surface area contributed by atoms with Crippen molar-refractivity contribution in [2.75, 3.05) is 26.7 Å². The molecule has 1 aromatic carbocycles. The number of rotatable bonds is 4. The van der Waals surface area contributed by atoms with Gasteiger partial charge in [0.25, 0.3) is 0 Å². The molecule has 0 saturated carbocycles. The van der Waals surface area contributed by atoms with Gasteiger partial charge in [-0.25, -0.2) is 8.78 Å². The van der Waals surface area contributed by atoms with Gasteiger partial charge >= 0.3 is 0 Å². The third kappa shape index (κ3) is 4.38. The molecule has 0 atom stereocenters. The smallest absolute Gasteiger partial charge is 0.144 e. The van der Waals surface area contributed by atoms with Gasteiger partial charge in [0.2, 0.25) is 0 Å². The van der Waals surface area contributed by atoms with Crippen LogP contribution in [0.4, 0.5) is 8.78 Å². The highest BCUT2D eigenvalue weighted by Crippen LogP contribution is 2.25. The predicted octanol–water partition coefficient (Wildman–Crippen LogP) is 3.58. The van der Waals surface area contributed by atoms with E-state index >= 15 is 0 Å². The first-order valence-electron chi connectivity index (χ1n) is 6.61. The number of nitrogens with zero attached hydrogens (tertiary/aromatic N) is 1. The topological polar surface area (TPSA) is 15.3 Å². The fraction of sp³-hybridized carbons (Fsp3) is 0.571. The van der Waals surface area contributed by atoms with Crippen LogP contribution in [0.1, 0.15) is 18.4 Å². The molecule has 2 nitrogen and oxygen atoms in total. The van der Waals surface area contributed by atoms with Crippen molar-refractivity contribution in [3.8, 4) is 0 Å². The van der Waals surface area contributed by atoms with Gasteiger partial charge in [0.05, 0.1) is 4.47 Å². The van der Waals surface area contributed by atoms with Gasteiger partial charge in [0.15, 0.2) is 0 Å². The molecule has 1 aliphatic heterocycles. The minimum atomic E-state index is -0.475. The number of halogens is 4. The Morgan fingerprint density at radius 3 is 2.55 bits per heavy atom. The summed E-state index contributed by atoms with van der Waals surface area (Å²) in [5.74, 6) is -0.256. The monoisotopic (exact) mass is 368 g/mol. The van der Waals surface area contributed by atoms with E-state index in [0.29, 0.717) is 16.9 Å². The number of piperidine rings is 1. The molecule has 1 aliphatic rings. The Hall–Kier alpha value is -0.230. The van der Waals surface area contributed by atoms with Crippen LogP contribution in [0, 0.1) is 17.6 Å². The van der Waals surface area contributed by atoms with E-state index in [2.05, 4.69) is 26.1 Å². The van der Waals surface area contributed by atoms with Crippen molar-refractivity contribution in [3.05, 3.63) is 33.8 Å². The maximum atomic E-state index is 13.9. The molecule has 0 radical (unpaired) electrons. The third-order valence-corrected chi connectivity index (χ3v) is 4.33. The van der Waals surface area contributed by atoms with Crippen LogP contribution in [0.5, 0.6) is 0 Å². The zero-order chi connectivity index (χ0) is 13.8. The molecule has 0 amide bonds. The number of likely N-dealkylation sites (tertiary alicyclic amines) is 1. The summed E-state index contributed by atoms with van der Waals surface area (Å²) in [6.45, 7) is 3.17. The lowest BCUT2D eigenvalue weighted by molar-refractivity contribution is 0.173. The van der Waals surface area contributed by atoms with Crippen LogP contribution in [0.15, 0.2) is 16.6 Å². The highest BCUT2D eigenvalue weighted by Gasteiger charge is 2.21. The van der Waals surface area contributed by atoms with Crippen molar-refractivity contribution >= 4 is 28.3 Å². The first-order chi connectivity index (χ1) is 9.11. The van der Waals surface area contributed by atoms with Crippen LogP contribution < -0.4 is 5.32 Å². The van der Waals surface area contributed by atoms with Crippen LogP contribution in [0.2, 0.25) is 0 Å². The molecule has 1 aromatic rings. The average Bonchev–Trinajstić information content (AvgIpc) is 2.41. The molecule has 0 bridgehead atoms. The first-order valence-corrected chi connectivity index (χ1v) is 7.40. The Morgan fingerprint density at radius 2 is 1.95 bits per heavy atom. The molecule has 114 valence electrons. The summed E-state index contributed by atoms with van der Waals surface area (Å²) in [5.41, 5.74) is 0.168. The Balaban J connectivity index is 0.00000200. The van der Waals surface area contributed by atoms with E-state index < -0.39 is 11.6 Å². The van der Waals surface area contributed by atoms with Gasteiger partial charge in [-0.1, -0.05) is 0 Å². The summed E-state index contributed by atoms with van der Waals surface area (Å²) in [7, 11) is 1.96. The van der Waals surface area contributed by atoms with E-state index in [9.17, 15) is 8.78 Å². The number of nitrogens with one attached hydrogen (secondary N) is 1. The summed E-state index contributed by atoms with van der Waals surface area (Å²) in [5, 5.41) is 3.18. The van der Waals surface area contributed by atoms with Crippen molar-refractivity contribution in [1.82, 2.24) is 10.2 Å². The van der Waals surface area contributed by atoms with Crippen LogP contribution in [0.25, 0.3) is 0 Å². The van der Waals surface area contributed by atoms with Gasteiger partial charge in [-0.05, 0) is 73.5 Å². The van der Waals surface area contributed by atoms with Crippen molar-refractivity contribution in [2.45, 2.75) is 19.4 Å². The van der Waals surface area contributed by atoms with E-state index in [1.807, 2.05) is 7.05 Å². The van der Waals surface area contributed by atoms with E-state index in [1.54, 1.807) is 0 Å². The summed E-state index contributed by atoms with van der Waals surface area (Å²) >= 11 is 3.11. The van der Waals surface area contributed by atoms with Gasteiger partial charge in [-0.3, -0.25) is 4.90 Å². The van der Waals surface area contributed by atoms with Gasteiger partial charge in [-0.2, -0.15) is 0 Å². The molecule has 6 heteroatoms. The number of benzene rings is 1. The zero-order valence-corrected chi connectivity index (χ0v) is 13.9. The SMILES string of the molecule is CNCC1CCN(Cc2c(F)ccc(Br)c2F)CC1.Cl. The molecule has 20 heavy (non-hydrogen) atoms. The van der Waals surface area contributed by atoms with Gasteiger partial charge in [-0.15, -0.1) is 12.4 Å². The fourth-order valence-corrected chi connectivity index (χ4v) is 2.95. The molecule has 1 fully saturated rings. The molecule has 0 spiro atoms. The van der Waals surface area contributed by atoms with E-state index in [0.717, 1.165) is 32.5 Å². The maximum absolute atomic E-state index is 13.9. The molecule has 2 rings (SSSR count). The minimum absolute atomic E-state index is 0. The second-order valence-electron chi connectivity index (χ2n) is 5.10. The first kappa shape index (κ1) is 17.8. The lowest BCUT2D eigenvalue weighted by atomic mass is 9.96. The zero-order valence-electron chi connectivity index (χ0n) is 11.5. The van der Waals surface area contributed by atoms with Crippen molar-refractivity contribution < 1.29 is 8.78 Å². The second kappa shape index (κ2) is 8.27. The molecular formula is C14H20BrClF2N2. The average molecular weight is 370 g/mol. The summed E-state index contributed by atoms with van der Waals surface area (Å²) in [6, 6.07) is 2.73.